The summed E-state index contributed by atoms with van der Waals surface area (Å²) in [5.74, 6) is 0. The monoisotopic (exact) mass is 185 g/mol. The molecule has 0 radical (unpaired) electrons. The van der Waals surface area contributed by atoms with Crippen LogP contribution in [-0.2, 0) is 6.42 Å². The molecule has 0 amide bonds. The number of H-pyrrole nitrogens is 1. The van der Waals surface area contributed by atoms with Crippen LogP contribution in [0.5, 0.6) is 0 Å². The van der Waals surface area contributed by atoms with Crippen LogP contribution in [0.3, 0.4) is 0 Å². The normalized spacial score (nSPS) is 10.2. The van der Waals surface area contributed by atoms with E-state index >= 15 is 0 Å². The van der Waals surface area contributed by atoms with Crippen molar-refractivity contribution in [3.63, 3.8) is 0 Å². The summed E-state index contributed by atoms with van der Waals surface area (Å²) in [6.45, 7) is 0. The van der Waals surface area contributed by atoms with Crippen LogP contribution in [0.4, 0.5) is 0 Å². The summed E-state index contributed by atoms with van der Waals surface area (Å²) in [7, 11) is 0. The average molecular weight is 185 g/mol. The highest BCUT2D eigenvalue weighted by Gasteiger charge is 1.97. The van der Waals surface area contributed by atoms with Crippen molar-refractivity contribution in [3.8, 4) is 6.07 Å². The number of nitrogens with one attached hydrogen (secondary N) is 1. The Labute approximate surface area is 82.4 Å². The van der Waals surface area contributed by atoms with Gasteiger partial charge >= 0.3 is 0 Å². The molecule has 0 aliphatic heterocycles. The van der Waals surface area contributed by atoms with Gasteiger partial charge in [0.05, 0.1) is 23.4 Å². The molecule has 2 rings (SSSR count). The Balaban J connectivity index is 2.14. The minimum atomic E-state index is 0.626. The van der Waals surface area contributed by atoms with Crippen molar-refractivity contribution in [3.05, 3.63) is 30.1 Å². The van der Waals surface area contributed by atoms with Gasteiger partial charge in [0.15, 0.2) is 0 Å². The van der Waals surface area contributed by atoms with Gasteiger partial charge in [-0.15, -0.1) is 0 Å². The first-order valence-corrected chi connectivity index (χ1v) is 4.69. The third-order valence-corrected chi connectivity index (χ3v) is 2.24. The molecule has 0 fully saturated rings. The number of hydrogen-bond donors (Lipinski definition) is 1. The lowest BCUT2D eigenvalue weighted by Gasteiger charge is -1.98. The molecule has 14 heavy (non-hydrogen) atoms. The number of aromatic amines is 1. The Kier molecular flexibility index (Phi) is 2.46. The van der Waals surface area contributed by atoms with Gasteiger partial charge in [0.25, 0.3) is 0 Å². The largest absolute Gasteiger partial charge is 0.345 e. The molecule has 1 N–H and O–H groups in total. The van der Waals surface area contributed by atoms with E-state index in [0.717, 1.165) is 23.9 Å². The van der Waals surface area contributed by atoms with Crippen LogP contribution < -0.4 is 0 Å². The van der Waals surface area contributed by atoms with Gasteiger partial charge in [-0.2, -0.15) is 5.26 Å². The third-order valence-electron chi connectivity index (χ3n) is 2.24. The van der Waals surface area contributed by atoms with Crippen molar-refractivity contribution in [2.24, 2.45) is 0 Å². The first-order valence-electron chi connectivity index (χ1n) is 4.69. The smallest absolute Gasteiger partial charge is 0.0931 e. The molecule has 1 aromatic heterocycles. The second kappa shape index (κ2) is 3.93. The second-order valence-corrected chi connectivity index (χ2v) is 3.27. The summed E-state index contributed by atoms with van der Waals surface area (Å²) in [5.41, 5.74) is 3.32. The van der Waals surface area contributed by atoms with Crippen LogP contribution >= 0.6 is 0 Å². The molecule has 3 nitrogen and oxygen atoms in total. The molecule has 1 aromatic carbocycles. The molecule has 0 aliphatic rings. The number of imidazole rings is 1. The zero-order chi connectivity index (χ0) is 9.80. The number of benzene rings is 1. The zero-order valence-electron chi connectivity index (χ0n) is 7.83. The Bertz CT molecular complexity index is 465. The fourth-order valence-electron chi connectivity index (χ4n) is 1.51. The van der Waals surface area contributed by atoms with Crippen LogP contribution in [0.2, 0.25) is 0 Å². The molecule has 0 spiro atoms. The molecule has 0 saturated heterocycles. The predicted octanol–water partition coefficient (Wildman–Crippen LogP) is 2.41. The first kappa shape index (κ1) is 8.76. The summed E-state index contributed by atoms with van der Waals surface area (Å²) < 4.78 is 0. The summed E-state index contributed by atoms with van der Waals surface area (Å²) >= 11 is 0. The van der Waals surface area contributed by atoms with Crippen molar-refractivity contribution in [2.45, 2.75) is 19.3 Å². The molecule has 70 valence electrons. The van der Waals surface area contributed by atoms with Crippen LogP contribution in [0.1, 0.15) is 18.4 Å². The van der Waals surface area contributed by atoms with Crippen molar-refractivity contribution >= 4 is 11.0 Å². The first-order chi connectivity index (χ1) is 6.90. The van der Waals surface area contributed by atoms with Gasteiger partial charge < -0.3 is 4.98 Å². The van der Waals surface area contributed by atoms with Gasteiger partial charge in [0.2, 0.25) is 0 Å². The van der Waals surface area contributed by atoms with E-state index in [9.17, 15) is 0 Å². The van der Waals surface area contributed by atoms with Crippen molar-refractivity contribution < 1.29 is 0 Å². The Morgan fingerprint density at radius 1 is 1.43 bits per heavy atom. The average Bonchev–Trinajstić information content (AvgIpc) is 2.65. The fourth-order valence-corrected chi connectivity index (χ4v) is 1.51. The second-order valence-electron chi connectivity index (χ2n) is 3.27. The number of aromatic nitrogens is 2. The maximum Gasteiger partial charge on any atom is 0.0931 e. The topological polar surface area (TPSA) is 52.5 Å². The van der Waals surface area contributed by atoms with Gasteiger partial charge in [-0.1, -0.05) is 6.07 Å². The van der Waals surface area contributed by atoms with E-state index < -0.39 is 0 Å². The van der Waals surface area contributed by atoms with Gasteiger partial charge in [-0.25, -0.2) is 4.98 Å². The molecular weight excluding hydrogens is 174 g/mol. The minimum absolute atomic E-state index is 0.626. The summed E-state index contributed by atoms with van der Waals surface area (Å²) in [6, 6.07) is 8.32. The van der Waals surface area contributed by atoms with E-state index in [0.29, 0.717) is 6.42 Å². The Morgan fingerprint density at radius 3 is 3.21 bits per heavy atom. The van der Waals surface area contributed by atoms with Crippen molar-refractivity contribution in [2.75, 3.05) is 0 Å². The van der Waals surface area contributed by atoms with Crippen LogP contribution in [0.15, 0.2) is 24.5 Å². The zero-order valence-corrected chi connectivity index (χ0v) is 7.83. The molecule has 1 heterocycles. The highest BCUT2D eigenvalue weighted by Crippen LogP contribution is 2.13. The quantitative estimate of drug-likeness (QED) is 0.746. The molecular formula is C11H11N3. The number of fused-ring (bicyclic) bond motifs is 1. The molecule has 0 bridgehead atoms. The lowest BCUT2D eigenvalue weighted by molar-refractivity contribution is 0.851. The maximum absolute atomic E-state index is 8.42. The van der Waals surface area contributed by atoms with Gasteiger partial charge in [0, 0.05) is 6.42 Å². The summed E-state index contributed by atoms with van der Waals surface area (Å²) in [5, 5.41) is 8.42. The number of rotatable bonds is 3. The number of aryl methyl sites for hydroxylation is 1. The maximum atomic E-state index is 8.42. The molecule has 0 unspecified atom stereocenters. The van der Waals surface area contributed by atoms with E-state index in [1.165, 1.54) is 5.56 Å². The van der Waals surface area contributed by atoms with Crippen molar-refractivity contribution in [1.82, 2.24) is 9.97 Å². The molecule has 0 saturated carbocycles. The SMILES string of the molecule is N#CCCCc1ccc2nc[nH]c2c1. The number of nitriles is 1. The molecule has 0 atom stereocenters. The number of nitrogens with zero attached hydrogens (tertiary/aromatic N) is 2. The highest BCUT2D eigenvalue weighted by molar-refractivity contribution is 5.74. The lowest BCUT2D eigenvalue weighted by atomic mass is 10.1. The molecule has 3 heteroatoms. The fraction of sp³-hybridized carbons (Fsp3) is 0.273. The highest BCUT2D eigenvalue weighted by atomic mass is 14.9. The van der Waals surface area contributed by atoms with E-state index in [1.54, 1.807) is 6.33 Å². The van der Waals surface area contributed by atoms with E-state index in [-0.39, 0.29) is 0 Å². The Hall–Kier alpha value is -1.82. The summed E-state index contributed by atoms with van der Waals surface area (Å²) in [4.78, 5) is 7.22. The molecule has 2 aromatic rings. The number of unbranched alkanes of at least 4 members (excludes halogenated alkanes) is 1. The van der Waals surface area contributed by atoms with E-state index in [1.807, 2.05) is 6.07 Å². The van der Waals surface area contributed by atoms with E-state index in [2.05, 4.69) is 28.2 Å². The van der Waals surface area contributed by atoms with Gasteiger partial charge in [0.1, 0.15) is 0 Å². The standard InChI is InChI=1S/C11H11N3/c12-6-2-1-3-9-4-5-10-11(7-9)14-8-13-10/h4-5,7-8H,1-3H2,(H,13,14). The number of hydrogen-bond acceptors (Lipinski definition) is 2. The lowest BCUT2D eigenvalue weighted by Crippen LogP contribution is -1.84. The van der Waals surface area contributed by atoms with Crippen LogP contribution in [-0.4, -0.2) is 9.97 Å². The predicted molar refractivity (Wildman–Crippen MR) is 54.6 cm³/mol. The summed E-state index contributed by atoms with van der Waals surface area (Å²) in [6.07, 6.45) is 4.21. The van der Waals surface area contributed by atoms with Gasteiger partial charge in [-0.3, -0.25) is 0 Å². The van der Waals surface area contributed by atoms with Crippen molar-refractivity contribution in [1.29, 1.82) is 5.26 Å². The van der Waals surface area contributed by atoms with Gasteiger partial charge in [-0.05, 0) is 30.5 Å². The third kappa shape index (κ3) is 1.74. The molecule has 0 aliphatic carbocycles. The van der Waals surface area contributed by atoms with E-state index in [4.69, 9.17) is 5.26 Å². The Morgan fingerprint density at radius 2 is 2.36 bits per heavy atom. The van der Waals surface area contributed by atoms with Crippen LogP contribution in [0.25, 0.3) is 11.0 Å². The minimum Gasteiger partial charge on any atom is -0.345 e. The van der Waals surface area contributed by atoms with Crippen LogP contribution in [0, 0.1) is 11.3 Å².